The Morgan fingerprint density at radius 3 is 2.57 bits per heavy atom. The molecule has 1 nitrogen and oxygen atoms in total. The Kier molecular flexibility index (Phi) is 2.40. The first-order valence-corrected chi connectivity index (χ1v) is 5.58. The average molecular weight is 258 g/mol. The largest absolute Gasteiger partial charge is 0.321 e. The molecule has 1 fully saturated rings. The van der Waals surface area contributed by atoms with E-state index >= 15 is 0 Å². The van der Waals surface area contributed by atoms with E-state index in [1.807, 2.05) is 6.92 Å². The summed E-state index contributed by atoms with van der Waals surface area (Å²) in [7, 11) is 0. The summed E-state index contributed by atoms with van der Waals surface area (Å²) in [6.45, 7) is 1.95. The van der Waals surface area contributed by atoms with E-state index in [1.165, 1.54) is 6.07 Å². The van der Waals surface area contributed by atoms with Crippen molar-refractivity contribution in [1.29, 1.82) is 0 Å². The summed E-state index contributed by atoms with van der Waals surface area (Å²) < 4.78 is 14.5. The summed E-state index contributed by atoms with van der Waals surface area (Å²) in [5.41, 5.74) is 7.39. The van der Waals surface area contributed by atoms with Crippen molar-refractivity contribution in [3.63, 3.8) is 0 Å². The van der Waals surface area contributed by atoms with Crippen LogP contribution in [0.3, 0.4) is 0 Å². The summed E-state index contributed by atoms with van der Waals surface area (Å²) in [5.74, 6) is -0.190. The Hall–Kier alpha value is -0.410. The Morgan fingerprint density at radius 2 is 2.07 bits per heavy atom. The predicted octanol–water partition coefficient (Wildman–Crippen LogP) is 3.23. The molecule has 2 N–H and O–H groups in total. The molecule has 1 aromatic carbocycles. The first-order chi connectivity index (χ1) is 6.54. The molecule has 0 aliphatic heterocycles. The minimum absolute atomic E-state index is 0.190. The summed E-state index contributed by atoms with van der Waals surface area (Å²) in [6.07, 6.45) is 2.86. The maximum absolute atomic E-state index is 13.6. The van der Waals surface area contributed by atoms with Crippen molar-refractivity contribution >= 4 is 15.9 Å². The van der Waals surface area contributed by atoms with Crippen LogP contribution in [0.15, 0.2) is 16.6 Å². The van der Waals surface area contributed by atoms with Crippen LogP contribution in [0.2, 0.25) is 0 Å². The zero-order chi connectivity index (χ0) is 10.3. The molecule has 0 saturated heterocycles. The fourth-order valence-electron chi connectivity index (χ4n) is 1.92. The molecule has 3 heteroatoms. The lowest BCUT2D eigenvalue weighted by Crippen LogP contribution is -2.44. The van der Waals surface area contributed by atoms with Gasteiger partial charge >= 0.3 is 0 Å². The summed E-state index contributed by atoms with van der Waals surface area (Å²) in [6, 6.07) is 3.27. The van der Waals surface area contributed by atoms with Gasteiger partial charge in [-0.05, 0) is 37.8 Å². The van der Waals surface area contributed by atoms with E-state index in [0.29, 0.717) is 5.56 Å². The highest BCUT2D eigenvalue weighted by Gasteiger charge is 2.38. The number of hydrogen-bond acceptors (Lipinski definition) is 1. The van der Waals surface area contributed by atoms with E-state index in [-0.39, 0.29) is 5.82 Å². The Labute approximate surface area is 91.6 Å². The number of nitrogens with two attached hydrogens (primary N) is 1. The molecule has 0 aromatic heterocycles. The molecule has 14 heavy (non-hydrogen) atoms. The van der Waals surface area contributed by atoms with E-state index in [9.17, 15) is 4.39 Å². The van der Waals surface area contributed by atoms with E-state index in [1.54, 1.807) is 6.07 Å². The molecule has 1 saturated carbocycles. The van der Waals surface area contributed by atoms with Gasteiger partial charge in [-0.25, -0.2) is 4.39 Å². The van der Waals surface area contributed by atoms with Crippen LogP contribution in [0.5, 0.6) is 0 Å². The predicted molar refractivity (Wildman–Crippen MR) is 58.6 cm³/mol. The molecular formula is C11H13BrFN. The summed E-state index contributed by atoms with van der Waals surface area (Å²) in [4.78, 5) is 0. The van der Waals surface area contributed by atoms with Crippen molar-refractivity contribution in [2.24, 2.45) is 5.73 Å². The molecule has 0 bridgehead atoms. The van der Waals surface area contributed by atoms with Crippen LogP contribution in [0.25, 0.3) is 0 Å². The van der Waals surface area contributed by atoms with E-state index in [0.717, 1.165) is 29.3 Å². The van der Waals surface area contributed by atoms with Crippen LogP contribution in [0, 0.1) is 12.7 Å². The molecule has 1 aromatic rings. The third kappa shape index (κ3) is 1.39. The van der Waals surface area contributed by atoms with Gasteiger partial charge in [-0.15, -0.1) is 0 Å². The van der Waals surface area contributed by atoms with Crippen molar-refractivity contribution in [3.05, 3.63) is 33.5 Å². The van der Waals surface area contributed by atoms with E-state index < -0.39 is 5.54 Å². The fraction of sp³-hybridized carbons (Fsp3) is 0.455. The lowest BCUT2D eigenvalue weighted by Gasteiger charge is -2.39. The molecule has 0 spiro atoms. The number of halogens is 2. The van der Waals surface area contributed by atoms with Gasteiger partial charge in [-0.2, -0.15) is 0 Å². The highest BCUT2D eigenvalue weighted by molar-refractivity contribution is 9.10. The monoisotopic (exact) mass is 257 g/mol. The highest BCUT2D eigenvalue weighted by atomic mass is 79.9. The molecule has 1 aliphatic carbocycles. The van der Waals surface area contributed by atoms with Crippen LogP contribution in [-0.2, 0) is 5.54 Å². The number of benzene rings is 1. The molecule has 0 amide bonds. The molecule has 0 heterocycles. The molecule has 76 valence electrons. The number of rotatable bonds is 1. The maximum Gasteiger partial charge on any atom is 0.129 e. The topological polar surface area (TPSA) is 26.0 Å². The zero-order valence-corrected chi connectivity index (χ0v) is 9.70. The number of hydrogen-bond donors (Lipinski definition) is 1. The van der Waals surface area contributed by atoms with Crippen LogP contribution in [-0.4, -0.2) is 0 Å². The fourth-order valence-corrected chi connectivity index (χ4v) is 2.64. The Morgan fingerprint density at radius 1 is 1.43 bits per heavy atom. The SMILES string of the molecule is Cc1ccc(F)c(C2(N)CCC2)c1Br. The van der Waals surface area contributed by atoms with Gasteiger partial charge in [0, 0.05) is 15.6 Å². The second-order valence-corrected chi connectivity index (χ2v) is 4.86. The first-order valence-electron chi connectivity index (χ1n) is 4.78. The second kappa shape index (κ2) is 3.31. The molecule has 0 unspecified atom stereocenters. The maximum atomic E-state index is 13.6. The van der Waals surface area contributed by atoms with Crippen molar-refractivity contribution in [2.75, 3.05) is 0 Å². The molecule has 0 radical (unpaired) electrons. The van der Waals surface area contributed by atoms with Gasteiger partial charge in [0.05, 0.1) is 0 Å². The standard InChI is InChI=1S/C11H13BrFN/c1-7-3-4-8(13)9(10(7)12)11(14)5-2-6-11/h3-4H,2,5-6,14H2,1H3. The lowest BCUT2D eigenvalue weighted by atomic mass is 9.72. The van der Waals surface area contributed by atoms with Gasteiger partial charge in [0.1, 0.15) is 5.82 Å². The zero-order valence-electron chi connectivity index (χ0n) is 8.11. The van der Waals surface area contributed by atoms with Crippen molar-refractivity contribution in [3.8, 4) is 0 Å². The first kappa shape index (κ1) is 10.1. The van der Waals surface area contributed by atoms with Crippen LogP contribution in [0.4, 0.5) is 4.39 Å². The van der Waals surface area contributed by atoms with Crippen LogP contribution in [0.1, 0.15) is 30.4 Å². The van der Waals surface area contributed by atoms with Gasteiger partial charge in [0.2, 0.25) is 0 Å². The molecular weight excluding hydrogens is 245 g/mol. The number of aryl methyl sites for hydroxylation is 1. The van der Waals surface area contributed by atoms with Gasteiger partial charge in [-0.3, -0.25) is 0 Å². The Balaban J connectivity index is 2.56. The second-order valence-electron chi connectivity index (χ2n) is 4.06. The van der Waals surface area contributed by atoms with Gasteiger partial charge in [0.25, 0.3) is 0 Å². The highest BCUT2D eigenvalue weighted by Crippen LogP contribution is 2.43. The normalized spacial score (nSPS) is 19.1. The molecule has 2 rings (SSSR count). The third-order valence-electron chi connectivity index (χ3n) is 3.03. The molecule has 1 aliphatic rings. The van der Waals surface area contributed by atoms with E-state index in [2.05, 4.69) is 15.9 Å². The summed E-state index contributed by atoms with van der Waals surface area (Å²) in [5, 5.41) is 0. The quantitative estimate of drug-likeness (QED) is 0.822. The van der Waals surface area contributed by atoms with E-state index in [4.69, 9.17) is 5.73 Å². The van der Waals surface area contributed by atoms with Crippen LogP contribution >= 0.6 is 15.9 Å². The smallest absolute Gasteiger partial charge is 0.129 e. The van der Waals surface area contributed by atoms with Gasteiger partial charge in [0.15, 0.2) is 0 Å². The lowest BCUT2D eigenvalue weighted by molar-refractivity contribution is 0.243. The molecule has 0 atom stereocenters. The van der Waals surface area contributed by atoms with Crippen molar-refractivity contribution < 1.29 is 4.39 Å². The average Bonchev–Trinajstić information content (AvgIpc) is 2.09. The van der Waals surface area contributed by atoms with Gasteiger partial charge < -0.3 is 5.73 Å². The minimum Gasteiger partial charge on any atom is -0.321 e. The summed E-state index contributed by atoms with van der Waals surface area (Å²) >= 11 is 3.42. The van der Waals surface area contributed by atoms with Crippen molar-refractivity contribution in [2.45, 2.75) is 31.7 Å². The third-order valence-corrected chi connectivity index (χ3v) is 4.05. The van der Waals surface area contributed by atoms with Crippen LogP contribution < -0.4 is 5.73 Å². The van der Waals surface area contributed by atoms with Gasteiger partial charge in [-0.1, -0.05) is 22.0 Å². The Bertz CT molecular complexity index is 372. The van der Waals surface area contributed by atoms with Crippen molar-refractivity contribution in [1.82, 2.24) is 0 Å². The minimum atomic E-state index is -0.436.